The van der Waals surface area contributed by atoms with E-state index in [2.05, 4.69) is 17.1 Å². The van der Waals surface area contributed by atoms with Gasteiger partial charge in [-0.25, -0.2) is 4.98 Å². The van der Waals surface area contributed by atoms with Crippen LogP contribution in [0.5, 0.6) is 0 Å². The van der Waals surface area contributed by atoms with Gasteiger partial charge in [0, 0.05) is 12.0 Å². The highest BCUT2D eigenvalue weighted by Gasteiger charge is 2.26. The molecule has 2 aromatic heterocycles. The van der Waals surface area contributed by atoms with Crippen LogP contribution in [-0.4, -0.2) is 25.9 Å². The van der Waals surface area contributed by atoms with Crippen LogP contribution < -0.4 is 5.56 Å². The van der Waals surface area contributed by atoms with E-state index in [1.807, 2.05) is 26.8 Å². The average Bonchev–Trinajstić information content (AvgIpc) is 2.99. The molecule has 28 heavy (non-hydrogen) atoms. The molecular formula is C22H27N3O3. The minimum Gasteiger partial charge on any atom is -0.391 e. The van der Waals surface area contributed by atoms with Crippen LogP contribution >= 0.6 is 0 Å². The Labute approximate surface area is 164 Å². The molecule has 2 heterocycles. The maximum Gasteiger partial charge on any atom is 0.261 e. The van der Waals surface area contributed by atoms with E-state index in [1.165, 1.54) is 0 Å². The Kier molecular flexibility index (Phi) is 4.83. The molecule has 0 radical (unpaired) electrons. The SMILES string of the molecule is Cc1noc(C)c1Cc1cc2c(=O)n([C@H]3CCCC[C@@H]3O)cnc2c(C)c1C. The molecule has 1 N–H and O–H groups in total. The third-order valence-corrected chi connectivity index (χ3v) is 6.35. The van der Waals surface area contributed by atoms with E-state index in [4.69, 9.17) is 4.52 Å². The summed E-state index contributed by atoms with van der Waals surface area (Å²) in [6.45, 7) is 7.94. The summed E-state index contributed by atoms with van der Waals surface area (Å²) in [5.41, 5.74) is 5.85. The number of nitrogens with zero attached hydrogens (tertiary/aromatic N) is 3. The number of aryl methyl sites for hydroxylation is 3. The van der Waals surface area contributed by atoms with Crippen LogP contribution in [0.25, 0.3) is 10.9 Å². The average molecular weight is 381 g/mol. The molecular weight excluding hydrogens is 354 g/mol. The van der Waals surface area contributed by atoms with E-state index in [0.717, 1.165) is 64.9 Å². The molecule has 4 rings (SSSR count). The third-order valence-electron chi connectivity index (χ3n) is 6.35. The quantitative estimate of drug-likeness (QED) is 0.748. The Morgan fingerprint density at radius 2 is 1.93 bits per heavy atom. The van der Waals surface area contributed by atoms with Crippen molar-refractivity contribution >= 4 is 10.9 Å². The molecule has 6 heteroatoms. The highest BCUT2D eigenvalue weighted by molar-refractivity contribution is 5.83. The fourth-order valence-electron chi connectivity index (χ4n) is 4.39. The number of hydrogen-bond donors (Lipinski definition) is 1. The van der Waals surface area contributed by atoms with Crippen molar-refractivity contribution in [1.29, 1.82) is 0 Å². The molecule has 0 bridgehead atoms. The second kappa shape index (κ2) is 7.17. The third kappa shape index (κ3) is 3.05. The molecule has 148 valence electrons. The molecule has 1 aliphatic carbocycles. The van der Waals surface area contributed by atoms with Crippen molar-refractivity contribution in [2.45, 2.75) is 71.9 Å². The fraction of sp³-hybridized carbons (Fsp3) is 0.500. The molecule has 3 aromatic rings. The first-order chi connectivity index (χ1) is 13.4. The smallest absolute Gasteiger partial charge is 0.261 e. The Balaban J connectivity index is 1.85. The zero-order valence-electron chi connectivity index (χ0n) is 17.0. The number of aliphatic hydroxyl groups is 1. The summed E-state index contributed by atoms with van der Waals surface area (Å²) in [7, 11) is 0. The molecule has 0 saturated heterocycles. The monoisotopic (exact) mass is 381 g/mol. The van der Waals surface area contributed by atoms with Crippen LogP contribution in [0.1, 0.15) is 65.4 Å². The predicted molar refractivity (Wildman–Crippen MR) is 108 cm³/mol. The summed E-state index contributed by atoms with van der Waals surface area (Å²) in [5.74, 6) is 0.809. The van der Waals surface area contributed by atoms with Gasteiger partial charge in [-0.2, -0.15) is 0 Å². The van der Waals surface area contributed by atoms with E-state index in [0.29, 0.717) is 11.8 Å². The van der Waals surface area contributed by atoms with Gasteiger partial charge in [-0.05, 0) is 63.3 Å². The molecule has 1 aromatic carbocycles. The minimum atomic E-state index is -0.487. The number of benzene rings is 1. The number of fused-ring (bicyclic) bond motifs is 1. The first-order valence-corrected chi connectivity index (χ1v) is 9.98. The molecule has 1 saturated carbocycles. The number of aromatic nitrogens is 3. The van der Waals surface area contributed by atoms with Gasteiger partial charge in [0.15, 0.2) is 0 Å². The van der Waals surface area contributed by atoms with Crippen LogP contribution in [0.15, 0.2) is 21.7 Å². The van der Waals surface area contributed by atoms with Gasteiger partial charge in [-0.1, -0.05) is 18.0 Å². The number of hydrogen-bond acceptors (Lipinski definition) is 5. The number of aliphatic hydroxyl groups excluding tert-OH is 1. The Morgan fingerprint density at radius 1 is 1.18 bits per heavy atom. The van der Waals surface area contributed by atoms with E-state index >= 15 is 0 Å². The predicted octanol–water partition coefficient (Wildman–Crippen LogP) is 3.68. The molecule has 0 spiro atoms. The van der Waals surface area contributed by atoms with E-state index < -0.39 is 6.10 Å². The van der Waals surface area contributed by atoms with Gasteiger partial charge < -0.3 is 9.63 Å². The molecule has 0 aliphatic heterocycles. The van der Waals surface area contributed by atoms with Crippen LogP contribution in [0.2, 0.25) is 0 Å². The molecule has 6 nitrogen and oxygen atoms in total. The molecule has 0 amide bonds. The summed E-state index contributed by atoms with van der Waals surface area (Å²) in [5, 5.41) is 15.1. The second-order valence-electron chi connectivity index (χ2n) is 8.04. The van der Waals surface area contributed by atoms with Crippen molar-refractivity contribution in [2.24, 2.45) is 0 Å². The summed E-state index contributed by atoms with van der Waals surface area (Å²) < 4.78 is 6.94. The molecule has 1 fully saturated rings. The maximum atomic E-state index is 13.3. The van der Waals surface area contributed by atoms with Gasteiger partial charge in [0.1, 0.15) is 5.76 Å². The van der Waals surface area contributed by atoms with Gasteiger partial charge in [0.2, 0.25) is 0 Å². The summed E-state index contributed by atoms with van der Waals surface area (Å²) in [4.78, 5) is 17.9. The van der Waals surface area contributed by atoms with Gasteiger partial charge in [-0.15, -0.1) is 0 Å². The second-order valence-corrected chi connectivity index (χ2v) is 8.04. The zero-order chi connectivity index (χ0) is 20.0. The molecule has 2 atom stereocenters. The van der Waals surface area contributed by atoms with Gasteiger partial charge in [0.25, 0.3) is 5.56 Å². The standard InChI is InChI=1S/C22H27N3O3/c1-12-13(2)21-18(10-16(12)9-17-14(3)24-28-15(17)4)22(27)25(11-23-21)19-7-5-6-8-20(19)26/h10-11,19-20,26H,5-9H2,1-4H3/t19-,20-/m0/s1. The minimum absolute atomic E-state index is 0.0703. The number of rotatable bonds is 3. The zero-order valence-corrected chi connectivity index (χ0v) is 17.0. The van der Waals surface area contributed by atoms with Crippen molar-refractivity contribution in [2.75, 3.05) is 0 Å². The summed E-state index contributed by atoms with van der Waals surface area (Å²) in [6.07, 6.45) is 5.38. The van der Waals surface area contributed by atoms with Crippen LogP contribution in [0, 0.1) is 27.7 Å². The maximum absolute atomic E-state index is 13.3. The molecule has 0 unspecified atom stereocenters. The van der Waals surface area contributed by atoms with Gasteiger partial charge in [0.05, 0.1) is 35.1 Å². The van der Waals surface area contributed by atoms with Crippen LogP contribution in [0.4, 0.5) is 0 Å². The lowest BCUT2D eigenvalue weighted by molar-refractivity contribution is 0.0735. The van der Waals surface area contributed by atoms with Crippen molar-refractivity contribution < 1.29 is 9.63 Å². The van der Waals surface area contributed by atoms with E-state index in [-0.39, 0.29) is 11.6 Å². The Bertz CT molecular complexity index is 1080. The van der Waals surface area contributed by atoms with E-state index in [1.54, 1.807) is 10.9 Å². The Morgan fingerprint density at radius 3 is 2.61 bits per heavy atom. The highest BCUT2D eigenvalue weighted by atomic mass is 16.5. The van der Waals surface area contributed by atoms with Gasteiger partial charge in [-0.3, -0.25) is 9.36 Å². The van der Waals surface area contributed by atoms with Crippen molar-refractivity contribution in [3.8, 4) is 0 Å². The Hall–Kier alpha value is -2.47. The first kappa shape index (κ1) is 18.9. The van der Waals surface area contributed by atoms with Crippen LogP contribution in [-0.2, 0) is 6.42 Å². The lowest BCUT2D eigenvalue weighted by Gasteiger charge is -2.29. The van der Waals surface area contributed by atoms with Crippen molar-refractivity contribution in [3.05, 3.63) is 56.5 Å². The van der Waals surface area contributed by atoms with E-state index in [9.17, 15) is 9.90 Å². The molecule has 1 aliphatic rings. The first-order valence-electron chi connectivity index (χ1n) is 9.98. The van der Waals surface area contributed by atoms with Crippen LogP contribution in [0.3, 0.4) is 0 Å². The highest BCUT2D eigenvalue weighted by Crippen LogP contribution is 2.29. The summed E-state index contributed by atoms with van der Waals surface area (Å²) >= 11 is 0. The normalized spacial score (nSPS) is 20.0. The topological polar surface area (TPSA) is 81.2 Å². The lowest BCUT2D eigenvalue weighted by atomic mass is 9.92. The van der Waals surface area contributed by atoms with Gasteiger partial charge >= 0.3 is 0 Å². The largest absolute Gasteiger partial charge is 0.391 e. The fourth-order valence-corrected chi connectivity index (χ4v) is 4.39. The van der Waals surface area contributed by atoms with Crippen molar-refractivity contribution in [3.63, 3.8) is 0 Å². The summed E-state index contributed by atoms with van der Waals surface area (Å²) in [6, 6.07) is 1.77. The van der Waals surface area contributed by atoms with Crippen molar-refractivity contribution in [1.82, 2.24) is 14.7 Å². The lowest BCUT2D eigenvalue weighted by Crippen LogP contribution is -2.34.